The van der Waals surface area contributed by atoms with Crippen LogP contribution in [0.15, 0.2) is 39.9 Å². The van der Waals surface area contributed by atoms with E-state index in [9.17, 15) is 9.59 Å². The molecule has 0 aliphatic rings. The van der Waals surface area contributed by atoms with Gasteiger partial charge in [-0.25, -0.2) is 4.68 Å². The molecule has 0 saturated carbocycles. The smallest absolute Gasteiger partial charge is 0.273 e. The minimum absolute atomic E-state index is 0.178. The first-order valence-corrected chi connectivity index (χ1v) is 8.42. The van der Waals surface area contributed by atoms with E-state index < -0.39 is 0 Å². The maximum atomic E-state index is 12.4. The van der Waals surface area contributed by atoms with E-state index in [0.717, 1.165) is 17.9 Å². The van der Waals surface area contributed by atoms with Gasteiger partial charge in [0.25, 0.3) is 11.1 Å². The van der Waals surface area contributed by atoms with Crippen LogP contribution in [-0.2, 0) is 13.1 Å². The van der Waals surface area contributed by atoms with Crippen LogP contribution in [0.1, 0.15) is 18.3 Å². The highest BCUT2D eigenvalue weighted by molar-refractivity contribution is 5.80. The Hall–Kier alpha value is -2.67. The molecule has 2 heterocycles. The van der Waals surface area contributed by atoms with E-state index in [1.807, 2.05) is 24.6 Å². The summed E-state index contributed by atoms with van der Waals surface area (Å²) in [6, 6.07) is 9.11. The number of aromatic nitrogens is 4. The summed E-state index contributed by atoms with van der Waals surface area (Å²) in [6.45, 7) is 7.82. The fourth-order valence-electron chi connectivity index (χ4n) is 3.01. The van der Waals surface area contributed by atoms with E-state index in [-0.39, 0.29) is 17.2 Å². The van der Waals surface area contributed by atoms with E-state index in [0.29, 0.717) is 23.9 Å². The number of benzene rings is 1. The molecule has 7 nitrogen and oxygen atoms in total. The van der Waals surface area contributed by atoms with Crippen molar-refractivity contribution in [2.75, 3.05) is 6.54 Å². The molecule has 132 valence electrons. The van der Waals surface area contributed by atoms with Gasteiger partial charge in [0.15, 0.2) is 0 Å². The summed E-state index contributed by atoms with van der Waals surface area (Å²) < 4.78 is 3.34. The van der Waals surface area contributed by atoms with E-state index in [4.69, 9.17) is 0 Å². The van der Waals surface area contributed by atoms with Crippen molar-refractivity contribution in [1.29, 1.82) is 0 Å². The molecule has 0 fully saturated rings. The Balaban J connectivity index is 1.65. The van der Waals surface area contributed by atoms with Crippen molar-refractivity contribution < 1.29 is 0 Å². The Morgan fingerprint density at radius 1 is 1.20 bits per heavy atom. The molecule has 25 heavy (non-hydrogen) atoms. The number of H-pyrrole nitrogens is 1. The zero-order chi connectivity index (χ0) is 18.0. The number of aromatic amines is 1. The van der Waals surface area contributed by atoms with Crippen LogP contribution in [0.3, 0.4) is 0 Å². The molecule has 2 aromatic heterocycles. The molecule has 1 aromatic carbocycles. The van der Waals surface area contributed by atoms with Gasteiger partial charge in [-0.2, -0.15) is 5.10 Å². The second kappa shape index (κ2) is 7.06. The molecule has 0 amide bonds. The molecule has 3 rings (SSSR count). The van der Waals surface area contributed by atoms with Gasteiger partial charge < -0.3 is 5.32 Å². The Morgan fingerprint density at radius 2 is 1.92 bits per heavy atom. The molecule has 0 spiro atoms. The van der Waals surface area contributed by atoms with Crippen molar-refractivity contribution >= 4 is 10.8 Å². The van der Waals surface area contributed by atoms with Crippen LogP contribution >= 0.6 is 0 Å². The van der Waals surface area contributed by atoms with Crippen LogP contribution in [0.5, 0.6) is 0 Å². The lowest BCUT2D eigenvalue weighted by atomic mass is 10.2. The first-order valence-electron chi connectivity index (χ1n) is 8.42. The molecule has 0 saturated heterocycles. The quantitative estimate of drug-likeness (QED) is 0.705. The highest BCUT2D eigenvalue weighted by Crippen LogP contribution is 2.03. The fraction of sp³-hybridized carbons (Fsp3) is 0.389. The normalized spacial score (nSPS) is 12.6. The molecule has 3 aromatic rings. The highest BCUT2D eigenvalue weighted by atomic mass is 16.2. The standard InChI is InChI=1S/C18H23N5O2/c1-12-10-14(3)23(20-12)11-13(2)19-8-9-22-18(25)16-7-5-4-6-15(16)17(24)21-22/h4-7,10,13,19H,8-9,11H2,1-3H3,(H,21,24)/t13-/m0/s1. The molecule has 2 N–H and O–H groups in total. The molecular weight excluding hydrogens is 318 g/mol. The molecular formula is C18H23N5O2. The third-order valence-corrected chi connectivity index (χ3v) is 4.26. The molecule has 0 aliphatic heterocycles. The summed E-state index contributed by atoms with van der Waals surface area (Å²) in [4.78, 5) is 24.5. The lowest BCUT2D eigenvalue weighted by Gasteiger charge is -2.15. The van der Waals surface area contributed by atoms with Crippen molar-refractivity contribution in [1.82, 2.24) is 24.9 Å². The first kappa shape index (κ1) is 17.2. The average Bonchev–Trinajstić information content (AvgIpc) is 2.89. The van der Waals surface area contributed by atoms with Crippen LogP contribution in [0.2, 0.25) is 0 Å². The lowest BCUT2D eigenvalue weighted by molar-refractivity contribution is 0.423. The van der Waals surface area contributed by atoms with Gasteiger partial charge >= 0.3 is 0 Å². The predicted molar refractivity (Wildman–Crippen MR) is 98.0 cm³/mol. The minimum atomic E-state index is -0.245. The topological polar surface area (TPSA) is 84.7 Å². The van der Waals surface area contributed by atoms with Gasteiger partial charge in [0.1, 0.15) is 0 Å². The van der Waals surface area contributed by atoms with E-state index in [1.54, 1.807) is 24.3 Å². The summed E-state index contributed by atoms with van der Waals surface area (Å²) in [6.07, 6.45) is 0. The third-order valence-electron chi connectivity index (χ3n) is 4.26. The average molecular weight is 341 g/mol. The maximum Gasteiger partial charge on any atom is 0.273 e. The summed E-state index contributed by atoms with van der Waals surface area (Å²) in [7, 11) is 0. The predicted octanol–water partition coefficient (Wildman–Crippen LogP) is 1.18. The summed E-state index contributed by atoms with van der Waals surface area (Å²) in [5.74, 6) is 0. The number of hydrogen-bond acceptors (Lipinski definition) is 4. The van der Waals surface area contributed by atoms with Gasteiger partial charge in [0, 0.05) is 18.3 Å². The number of aryl methyl sites for hydroxylation is 2. The van der Waals surface area contributed by atoms with Gasteiger partial charge in [-0.05, 0) is 39.0 Å². The van der Waals surface area contributed by atoms with Crippen LogP contribution < -0.4 is 16.4 Å². The monoisotopic (exact) mass is 341 g/mol. The van der Waals surface area contributed by atoms with Crippen molar-refractivity contribution in [3.05, 3.63) is 62.4 Å². The Kier molecular flexibility index (Phi) is 4.85. The number of nitrogens with zero attached hydrogens (tertiary/aromatic N) is 3. The largest absolute Gasteiger partial charge is 0.311 e. The Labute approximate surface area is 145 Å². The van der Waals surface area contributed by atoms with Crippen molar-refractivity contribution in [3.63, 3.8) is 0 Å². The molecule has 0 aliphatic carbocycles. The summed E-state index contributed by atoms with van der Waals surface area (Å²) in [5.41, 5.74) is 1.71. The second-order valence-corrected chi connectivity index (χ2v) is 6.41. The van der Waals surface area contributed by atoms with Gasteiger partial charge in [-0.3, -0.25) is 19.4 Å². The summed E-state index contributed by atoms with van der Waals surface area (Å²) >= 11 is 0. The van der Waals surface area contributed by atoms with Gasteiger partial charge in [-0.15, -0.1) is 0 Å². The van der Waals surface area contributed by atoms with Crippen molar-refractivity contribution in [2.45, 2.75) is 39.9 Å². The van der Waals surface area contributed by atoms with Crippen LogP contribution in [0, 0.1) is 13.8 Å². The van der Waals surface area contributed by atoms with Crippen LogP contribution in [0.4, 0.5) is 0 Å². The molecule has 0 radical (unpaired) electrons. The fourth-order valence-corrected chi connectivity index (χ4v) is 3.01. The zero-order valence-electron chi connectivity index (χ0n) is 14.7. The number of rotatable bonds is 6. The van der Waals surface area contributed by atoms with Crippen molar-refractivity contribution in [2.24, 2.45) is 0 Å². The van der Waals surface area contributed by atoms with Gasteiger partial charge in [-0.1, -0.05) is 12.1 Å². The zero-order valence-corrected chi connectivity index (χ0v) is 14.7. The highest BCUT2D eigenvalue weighted by Gasteiger charge is 2.09. The second-order valence-electron chi connectivity index (χ2n) is 6.41. The summed E-state index contributed by atoms with van der Waals surface area (Å²) in [5, 5.41) is 11.3. The van der Waals surface area contributed by atoms with Crippen LogP contribution in [0.25, 0.3) is 10.8 Å². The lowest BCUT2D eigenvalue weighted by Crippen LogP contribution is -2.37. The van der Waals surface area contributed by atoms with Gasteiger partial charge in [0.2, 0.25) is 0 Å². The van der Waals surface area contributed by atoms with E-state index in [2.05, 4.69) is 22.4 Å². The van der Waals surface area contributed by atoms with Gasteiger partial charge in [0.05, 0.1) is 29.6 Å². The molecule has 0 unspecified atom stereocenters. The number of fused-ring (bicyclic) bond motifs is 1. The molecule has 7 heteroatoms. The van der Waals surface area contributed by atoms with E-state index in [1.165, 1.54) is 4.68 Å². The maximum absolute atomic E-state index is 12.4. The number of nitrogens with one attached hydrogen (secondary N) is 2. The first-order chi connectivity index (χ1) is 12.0. The Morgan fingerprint density at radius 3 is 2.60 bits per heavy atom. The SMILES string of the molecule is Cc1cc(C)n(C[C@H](C)NCCn2[nH]c(=O)c3ccccc3c2=O)n1. The molecule has 1 atom stereocenters. The van der Waals surface area contributed by atoms with E-state index >= 15 is 0 Å². The minimum Gasteiger partial charge on any atom is -0.311 e. The Bertz CT molecular complexity index is 999. The van der Waals surface area contributed by atoms with Crippen LogP contribution in [-0.4, -0.2) is 32.1 Å². The molecule has 0 bridgehead atoms. The third kappa shape index (κ3) is 3.71. The number of hydrogen-bond donors (Lipinski definition) is 2. The van der Waals surface area contributed by atoms with Crippen molar-refractivity contribution in [3.8, 4) is 0 Å².